The van der Waals surface area contributed by atoms with E-state index in [2.05, 4.69) is 0 Å². The Bertz CT molecular complexity index is 127. The summed E-state index contributed by atoms with van der Waals surface area (Å²) in [6.45, 7) is 0. The van der Waals surface area contributed by atoms with Gasteiger partial charge in [0.2, 0.25) is 0 Å². The van der Waals surface area contributed by atoms with Gasteiger partial charge in [0.1, 0.15) is 10.7 Å². The summed E-state index contributed by atoms with van der Waals surface area (Å²) >= 11 is 1.73. The smallest absolute Gasteiger partial charge is 0.143 e. The lowest BCUT2D eigenvalue weighted by Gasteiger charge is -1.91. The van der Waals surface area contributed by atoms with Crippen molar-refractivity contribution in [2.45, 2.75) is 11.7 Å². The van der Waals surface area contributed by atoms with Crippen LogP contribution >= 0.6 is 11.8 Å². The Kier molecular flexibility index (Phi) is 2.19. The molecule has 0 saturated carbocycles. The second-order valence-corrected chi connectivity index (χ2v) is 4.25. The maximum Gasteiger partial charge on any atom is 0.143 e. The van der Waals surface area contributed by atoms with Gasteiger partial charge in [-0.1, -0.05) is 0 Å². The van der Waals surface area contributed by atoms with Crippen molar-refractivity contribution >= 4 is 22.5 Å². The summed E-state index contributed by atoms with van der Waals surface area (Å²) in [5.41, 5.74) is 0. The first-order valence-corrected chi connectivity index (χ1v) is 4.92. The van der Waals surface area contributed by atoms with Gasteiger partial charge < -0.3 is 0 Å². The lowest BCUT2D eigenvalue weighted by atomic mass is 10.4. The molecule has 1 fully saturated rings. The van der Waals surface area contributed by atoms with E-state index in [1.54, 1.807) is 11.8 Å². The van der Waals surface area contributed by atoms with Gasteiger partial charge >= 0.3 is 0 Å². The van der Waals surface area contributed by atoms with Crippen molar-refractivity contribution in [2.24, 2.45) is 0 Å². The third-order valence-corrected chi connectivity index (χ3v) is 3.65. The lowest BCUT2D eigenvalue weighted by Crippen LogP contribution is -2.06. The first-order valence-electron chi connectivity index (χ1n) is 2.52. The Hall–Kier alpha value is 0.300. The Morgan fingerprint density at radius 3 is 2.50 bits per heavy atom. The fraction of sp³-hybridized carbons (Fsp3) is 1.00. The van der Waals surface area contributed by atoms with Crippen molar-refractivity contribution < 1.29 is 8.42 Å². The summed E-state index contributed by atoms with van der Waals surface area (Å²) in [4.78, 5) is 0. The van der Waals surface area contributed by atoms with Gasteiger partial charge in [0, 0.05) is 5.75 Å². The lowest BCUT2D eigenvalue weighted by molar-refractivity contribution is 0.604. The van der Waals surface area contributed by atoms with E-state index < -0.39 is 10.7 Å². The van der Waals surface area contributed by atoms with Gasteiger partial charge in [-0.25, -0.2) is 8.42 Å². The number of hydrogen-bond donors (Lipinski definition) is 1. The van der Waals surface area contributed by atoms with E-state index in [1.807, 2.05) is 0 Å². The zero-order chi connectivity index (χ0) is 5.98. The molecule has 48 valence electrons. The number of thiol groups is 1. The molecule has 0 N–H and O–H groups in total. The highest BCUT2D eigenvalue weighted by atomic mass is 32.2. The number of thioether (sulfide) groups is 1. The second kappa shape index (κ2) is 2.73. The van der Waals surface area contributed by atoms with E-state index >= 15 is 0 Å². The first-order chi connectivity index (χ1) is 3.80. The van der Waals surface area contributed by atoms with Crippen molar-refractivity contribution in [1.29, 1.82) is 0 Å². The molecule has 0 aliphatic carbocycles. The molecule has 1 atom stereocenters. The molecule has 1 rings (SSSR count). The molecule has 1 saturated heterocycles. The van der Waals surface area contributed by atoms with E-state index in [9.17, 15) is 8.42 Å². The highest BCUT2D eigenvalue weighted by Gasteiger charge is 2.16. The average molecular weight is 152 g/mol. The van der Waals surface area contributed by atoms with E-state index in [-0.39, 0.29) is 5.25 Å². The van der Waals surface area contributed by atoms with Crippen molar-refractivity contribution in [2.75, 3.05) is 11.5 Å². The molecule has 1 aliphatic rings. The van der Waals surface area contributed by atoms with Crippen LogP contribution in [0.25, 0.3) is 0 Å². The summed E-state index contributed by atoms with van der Waals surface area (Å²) in [5.74, 6) is 1.84. The molecular formula is C4H8O2S2. The van der Waals surface area contributed by atoms with Crippen LogP contribution in [0.5, 0.6) is 0 Å². The van der Waals surface area contributed by atoms with Crippen LogP contribution in [0, 0.1) is 0 Å². The zero-order valence-corrected chi connectivity index (χ0v) is 6.08. The predicted molar refractivity (Wildman–Crippen MR) is 36.0 cm³/mol. The molecule has 0 bridgehead atoms. The fourth-order valence-electron chi connectivity index (χ4n) is 0.688. The maximum absolute atomic E-state index is 10.2. The van der Waals surface area contributed by atoms with Crippen LogP contribution in [0.15, 0.2) is 0 Å². The first kappa shape index (κ1) is 6.42. The van der Waals surface area contributed by atoms with Crippen LogP contribution in [-0.4, -0.2) is 25.2 Å². The van der Waals surface area contributed by atoms with Gasteiger partial charge in [-0.15, -0.1) is 0 Å². The minimum absolute atomic E-state index is 0.0185. The van der Waals surface area contributed by atoms with Crippen molar-refractivity contribution in [3.8, 4) is 0 Å². The molecule has 0 aromatic carbocycles. The van der Waals surface area contributed by atoms with E-state index in [0.717, 1.165) is 17.9 Å². The van der Waals surface area contributed by atoms with Crippen LogP contribution < -0.4 is 0 Å². The van der Waals surface area contributed by atoms with E-state index in [0.29, 0.717) is 0 Å². The van der Waals surface area contributed by atoms with E-state index in [4.69, 9.17) is 0 Å². The van der Waals surface area contributed by atoms with E-state index in [1.165, 1.54) is 0 Å². The normalized spacial score (nSPS) is 29.4. The quantitative estimate of drug-likeness (QED) is 0.541. The molecule has 1 heterocycles. The van der Waals surface area contributed by atoms with Gasteiger partial charge in [-0.05, 0) is 12.2 Å². The Morgan fingerprint density at radius 2 is 2.25 bits per heavy atom. The highest BCUT2D eigenvalue weighted by molar-refractivity contribution is 8.00. The van der Waals surface area contributed by atoms with Gasteiger partial charge in [0.15, 0.2) is 0 Å². The molecule has 0 aromatic heterocycles. The molecule has 1 unspecified atom stereocenters. The van der Waals surface area contributed by atoms with Gasteiger partial charge in [-0.3, -0.25) is 0 Å². The van der Waals surface area contributed by atoms with Crippen LogP contribution in [-0.2, 0) is 10.7 Å². The van der Waals surface area contributed by atoms with Gasteiger partial charge in [0.25, 0.3) is 0 Å². The van der Waals surface area contributed by atoms with Crippen LogP contribution in [0.3, 0.4) is 0 Å². The number of hydrogen-bond acceptors (Lipinski definition) is 3. The van der Waals surface area contributed by atoms with Crippen LogP contribution in [0.4, 0.5) is 0 Å². The SMILES string of the molecule is O=[SH](=O)C1CCSC1. The third-order valence-electron chi connectivity index (χ3n) is 1.20. The Morgan fingerprint density at radius 1 is 1.50 bits per heavy atom. The standard InChI is InChI=1S/C4H8O2S2/c5-8(6)4-1-2-7-3-4/h4,8H,1-3H2. The summed E-state index contributed by atoms with van der Waals surface area (Å²) in [6.07, 6.45) is 0.864. The molecule has 0 amide bonds. The fourth-order valence-corrected chi connectivity index (χ4v) is 3.06. The third kappa shape index (κ3) is 1.39. The number of rotatable bonds is 1. The monoisotopic (exact) mass is 152 g/mol. The molecule has 0 spiro atoms. The maximum atomic E-state index is 10.2. The molecular weight excluding hydrogens is 144 g/mol. The van der Waals surface area contributed by atoms with Gasteiger partial charge in [-0.2, -0.15) is 11.8 Å². The topological polar surface area (TPSA) is 34.1 Å². The molecule has 4 heteroatoms. The summed E-state index contributed by atoms with van der Waals surface area (Å²) in [5, 5.41) is -0.0185. The second-order valence-electron chi connectivity index (χ2n) is 1.80. The van der Waals surface area contributed by atoms with Crippen molar-refractivity contribution in [1.82, 2.24) is 0 Å². The summed E-state index contributed by atoms with van der Waals surface area (Å²) < 4.78 is 20.5. The molecule has 1 aliphatic heterocycles. The summed E-state index contributed by atoms with van der Waals surface area (Å²) in [7, 11) is -2.12. The highest BCUT2D eigenvalue weighted by Crippen LogP contribution is 2.18. The Labute approximate surface area is 54.6 Å². The minimum Gasteiger partial charge on any atom is -0.232 e. The molecule has 8 heavy (non-hydrogen) atoms. The zero-order valence-electron chi connectivity index (χ0n) is 4.37. The largest absolute Gasteiger partial charge is 0.232 e. The summed E-state index contributed by atoms with van der Waals surface area (Å²) in [6, 6.07) is 0. The predicted octanol–water partition coefficient (Wildman–Crippen LogP) is 0.103. The molecule has 0 radical (unpaired) electrons. The van der Waals surface area contributed by atoms with Gasteiger partial charge in [0.05, 0.1) is 5.25 Å². The molecule has 2 nitrogen and oxygen atoms in total. The van der Waals surface area contributed by atoms with Crippen LogP contribution in [0.2, 0.25) is 0 Å². The van der Waals surface area contributed by atoms with Crippen molar-refractivity contribution in [3.05, 3.63) is 0 Å². The Balaban J connectivity index is 2.47. The molecule has 0 aromatic rings. The minimum atomic E-state index is -2.12. The van der Waals surface area contributed by atoms with Crippen molar-refractivity contribution in [3.63, 3.8) is 0 Å². The average Bonchev–Trinajstić information content (AvgIpc) is 2.12. The van der Waals surface area contributed by atoms with Crippen LogP contribution in [0.1, 0.15) is 6.42 Å².